The second-order valence-electron chi connectivity index (χ2n) is 7.51. The van der Waals surface area contributed by atoms with Crippen LogP contribution < -0.4 is 10.6 Å². The molecular weight excluding hydrogens is 378 g/mol. The van der Waals surface area contributed by atoms with Crippen LogP contribution in [0.15, 0.2) is 54.6 Å². The van der Waals surface area contributed by atoms with Crippen molar-refractivity contribution in [2.24, 2.45) is 0 Å². The van der Waals surface area contributed by atoms with Crippen LogP contribution >= 0.6 is 0 Å². The van der Waals surface area contributed by atoms with Crippen LogP contribution in [0, 0.1) is 0 Å². The minimum atomic E-state index is -0.0749. The zero-order chi connectivity index (χ0) is 21.2. The van der Waals surface area contributed by atoms with Crippen molar-refractivity contribution in [3.63, 3.8) is 0 Å². The van der Waals surface area contributed by atoms with Gasteiger partial charge in [0.2, 0.25) is 0 Å². The Morgan fingerprint density at radius 3 is 2.77 bits per heavy atom. The summed E-state index contributed by atoms with van der Waals surface area (Å²) in [5.74, 6) is 0.161. The predicted molar refractivity (Wildman–Crippen MR) is 119 cm³/mol. The molecule has 0 saturated carbocycles. The van der Waals surface area contributed by atoms with Gasteiger partial charge < -0.3 is 20.3 Å². The second-order valence-corrected chi connectivity index (χ2v) is 7.51. The van der Waals surface area contributed by atoms with Gasteiger partial charge in [-0.2, -0.15) is 0 Å². The molecule has 2 aromatic rings. The summed E-state index contributed by atoms with van der Waals surface area (Å²) in [6, 6.07) is 17.2. The molecule has 0 spiro atoms. The highest BCUT2D eigenvalue weighted by Gasteiger charge is 2.25. The number of likely N-dealkylation sites (tertiary alicyclic amines) is 1. The number of ether oxygens (including phenoxy) is 1. The molecular formula is C24H31N3O3. The predicted octanol–water partition coefficient (Wildman–Crippen LogP) is 4.25. The lowest BCUT2D eigenvalue weighted by molar-refractivity contribution is 0.0944. The summed E-state index contributed by atoms with van der Waals surface area (Å²) in [4.78, 5) is 27.0. The van der Waals surface area contributed by atoms with Crippen LogP contribution in [0.1, 0.15) is 48.0 Å². The number of hydrogen-bond donors (Lipinski definition) is 2. The highest BCUT2D eigenvalue weighted by Crippen LogP contribution is 2.28. The SMILES string of the molecule is CCOCCCNC(=O)c1cccc(C2CCCN(C(=O)Nc3ccccc3)C2)c1. The van der Waals surface area contributed by atoms with Crippen molar-refractivity contribution in [2.45, 2.75) is 32.1 Å². The van der Waals surface area contributed by atoms with E-state index in [1.165, 1.54) is 0 Å². The van der Waals surface area contributed by atoms with Crippen molar-refractivity contribution in [1.29, 1.82) is 0 Å². The number of piperidine rings is 1. The number of carbonyl (C=O) groups excluding carboxylic acids is 2. The quantitative estimate of drug-likeness (QED) is 0.640. The molecule has 0 radical (unpaired) electrons. The summed E-state index contributed by atoms with van der Waals surface area (Å²) in [5, 5.41) is 5.91. The van der Waals surface area contributed by atoms with Crippen LogP contribution in [0.3, 0.4) is 0 Å². The molecule has 160 valence electrons. The number of rotatable bonds is 8. The van der Waals surface area contributed by atoms with Gasteiger partial charge in [-0.05, 0) is 56.0 Å². The van der Waals surface area contributed by atoms with E-state index >= 15 is 0 Å². The molecule has 0 aromatic heterocycles. The summed E-state index contributed by atoms with van der Waals surface area (Å²) in [7, 11) is 0. The van der Waals surface area contributed by atoms with Crippen LogP contribution in [-0.4, -0.2) is 49.7 Å². The van der Waals surface area contributed by atoms with Gasteiger partial charge in [0.15, 0.2) is 0 Å². The Bertz CT molecular complexity index is 825. The number of benzene rings is 2. The molecule has 1 aliphatic rings. The first-order valence-electron chi connectivity index (χ1n) is 10.7. The zero-order valence-electron chi connectivity index (χ0n) is 17.6. The molecule has 0 aliphatic carbocycles. The van der Waals surface area contributed by atoms with Gasteiger partial charge in [0.1, 0.15) is 0 Å². The van der Waals surface area contributed by atoms with E-state index in [2.05, 4.69) is 16.7 Å². The van der Waals surface area contributed by atoms with Crippen LogP contribution in [0.25, 0.3) is 0 Å². The number of hydrogen-bond acceptors (Lipinski definition) is 3. The van der Waals surface area contributed by atoms with E-state index in [9.17, 15) is 9.59 Å². The van der Waals surface area contributed by atoms with Crippen molar-refractivity contribution >= 4 is 17.6 Å². The average Bonchev–Trinajstić information content (AvgIpc) is 2.79. The van der Waals surface area contributed by atoms with Crippen LogP contribution in [0.5, 0.6) is 0 Å². The molecule has 6 nitrogen and oxygen atoms in total. The summed E-state index contributed by atoms with van der Waals surface area (Å²) < 4.78 is 5.30. The normalized spacial score (nSPS) is 16.2. The number of carbonyl (C=O) groups is 2. The molecule has 3 rings (SSSR count). The third-order valence-corrected chi connectivity index (χ3v) is 5.31. The average molecular weight is 410 g/mol. The third-order valence-electron chi connectivity index (χ3n) is 5.31. The molecule has 30 heavy (non-hydrogen) atoms. The topological polar surface area (TPSA) is 70.7 Å². The zero-order valence-corrected chi connectivity index (χ0v) is 17.6. The smallest absolute Gasteiger partial charge is 0.321 e. The maximum atomic E-state index is 12.7. The van der Waals surface area contributed by atoms with E-state index in [1.807, 2.05) is 60.4 Å². The van der Waals surface area contributed by atoms with Crippen molar-refractivity contribution in [1.82, 2.24) is 10.2 Å². The Hall–Kier alpha value is -2.86. The largest absolute Gasteiger partial charge is 0.382 e. The fourth-order valence-corrected chi connectivity index (χ4v) is 3.71. The maximum absolute atomic E-state index is 12.7. The van der Waals surface area contributed by atoms with Crippen molar-refractivity contribution in [3.8, 4) is 0 Å². The van der Waals surface area contributed by atoms with Gasteiger partial charge in [-0.3, -0.25) is 4.79 Å². The van der Waals surface area contributed by atoms with E-state index in [-0.39, 0.29) is 17.9 Å². The molecule has 1 heterocycles. The number of urea groups is 1. The van der Waals surface area contributed by atoms with E-state index < -0.39 is 0 Å². The molecule has 2 N–H and O–H groups in total. The first kappa shape index (κ1) is 21.8. The van der Waals surface area contributed by atoms with Gasteiger partial charge >= 0.3 is 6.03 Å². The van der Waals surface area contributed by atoms with Gasteiger partial charge in [0, 0.05) is 50.0 Å². The second kappa shape index (κ2) is 11.4. The molecule has 1 unspecified atom stereocenters. The lowest BCUT2D eigenvalue weighted by atomic mass is 9.89. The van der Waals surface area contributed by atoms with E-state index in [4.69, 9.17) is 4.74 Å². The van der Waals surface area contributed by atoms with Crippen molar-refractivity contribution in [2.75, 3.05) is 38.2 Å². The van der Waals surface area contributed by atoms with Crippen molar-refractivity contribution < 1.29 is 14.3 Å². The molecule has 3 amide bonds. The fourth-order valence-electron chi connectivity index (χ4n) is 3.71. The Kier molecular flexibility index (Phi) is 8.27. The van der Waals surface area contributed by atoms with Gasteiger partial charge in [-0.25, -0.2) is 4.79 Å². The first-order valence-corrected chi connectivity index (χ1v) is 10.7. The highest BCUT2D eigenvalue weighted by molar-refractivity contribution is 5.94. The Morgan fingerprint density at radius 2 is 1.97 bits per heavy atom. The Morgan fingerprint density at radius 1 is 1.13 bits per heavy atom. The minimum Gasteiger partial charge on any atom is -0.382 e. The number of nitrogens with one attached hydrogen (secondary N) is 2. The first-order chi connectivity index (χ1) is 14.7. The summed E-state index contributed by atoms with van der Waals surface area (Å²) in [5.41, 5.74) is 2.57. The van der Waals surface area contributed by atoms with Crippen LogP contribution in [-0.2, 0) is 4.74 Å². The number of nitrogens with zero attached hydrogens (tertiary/aromatic N) is 1. The van der Waals surface area contributed by atoms with Gasteiger partial charge in [0.25, 0.3) is 5.91 Å². The van der Waals surface area contributed by atoms with E-state index in [1.54, 1.807) is 0 Å². The lowest BCUT2D eigenvalue weighted by Crippen LogP contribution is -2.41. The molecule has 1 atom stereocenters. The Balaban J connectivity index is 1.56. The van der Waals surface area contributed by atoms with E-state index in [0.29, 0.717) is 31.9 Å². The van der Waals surface area contributed by atoms with Gasteiger partial charge in [-0.1, -0.05) is 30.3 Å². The molecule has 0 bridgehead atoms. The number of anilines is 1. The van der Waals surface area contributed by atoms with E-state index in [0.717, 1.165) is 37.1 Å². The molecule has 1 aliphatic heterocycles. The molecule has 1 saturated heterocycles. The molecule has 1 fully saturated rings. The summed E-state index contributed by atoms with van der Waals surface area (Å²) in [6.07, 6.45) is 2.75. The lowest BCUT2D eigenvalue weighted by Gasteiger charge is -2.33. The summed E-state index contributed by atoms with van der Waals surface area (Å²) >= 11 is 0. The van der Waals surface area contributed by atoms with Gasteiger partial charge in [0.05, 0.1) is 0 Å². The Labute approximate surface area is 178 Å². The number of amides is 3. The van der Waals surface area contributed by atoms with Gasteiger partial charge in [-0.15, -0.1) is 0 Å². The molecule has 6 heteroatoms. The van der Waals surface area contributed by atoms with Crippen molar-refractivity contribution in [3.05, 3.63) is 65.7 Å². The molecule has 2 aromatic carbocycles. The monoisotopic (exact) mass is 409 g/mol. The fraction of sp³-hybridized carbons (Fsp3) is 0.417. The third kappa shape index (κ3) is 6.32. The van der Waals surface area contributed by atoms with Crippen LogP contribution in [0.4, 0.5) is 10.5 Å². The standard InChI is InChI=1S/C24H31N3O3/c1-2-30-16-8-14-25-23(28)20-10-6-9-19(17-20)21-11-7-15-27(18-21)24(29)26-22-12-4-3-5-13-22/h3-6,9-10,12-13,17,21H,2,7-8,11,14-16,18H2,1H3,(H,25,28)(H,26,29). The van der Waals surface area contributed by atoms with Crippen LogP contribution in [0.2, 0.25) is 0 Å². The maximum Gasteiger partial charge on any atom is 0.321 e. The summed E-state index contributed by atoms with van der Waals surface area (Å²) in [6.45, 7) is 5.30. The highest BCUT2D eigenvalue weighted by atomic mass is 16.5. The number of para-hydroxylation sites is 1. The minimum absolute atomic E-state index is 0.0668.